The lowest BCUT2D eigenvalue weighted by Crippen LogP contribution is -2.37. The molecular weight excluding hydrogens is 549 g/mol. The summed E-state index contributed by atoms with van der Waals surface area (Å²) < 4.78 is 71.5. The molecule has 0 saturated heterocycles. The molecule has 39 heavy (non-hydrogen) atoms. The maximum atomic E-state index is 14.6. The second kappa shape index (κ2) is 14.1. The normalized spacial score (nSPS) is 13.4. The Hall–Kier alpha value is -4.16. The van der Waals surface area contributed by atoms with Gasteiger partial charge in [-0.2, -0.15) is 9.97 Å². The Morgan fingerprint density at radius 2 is 1.69 bits per heavy atom. The number of alkyl halides is 1. The molecular formula is C21H26FN5O11S. The molecule has 18 heteroatoms. The van der Waals surface area contributed by atoms with Crippen LogP contribution in [0.25, 0.3) is 0 Å². The number of methoxy groups -OCH3 is 4. The lowest BCUT2D eigenvalue weighted by atomic mass is 10.1. The summed E-state index contributed by atoms with van der Waals surface area (Å²) in [6, 6.07) is 2.21. The fourth-order valence-electron chi connectivity index (χ4n) is 2.83. The number of aromatic nitrogens is 3. The third kappa shape index (κ3) is 8.69. The number of ether oxygens (including phenoxy) is 6. The van der Waals surface area contributed by atoms with Gasteiger partial charge in [-0.15, -0.1) is 0 Å². The first-order valence-electron chi connectivity index (χ1n) is 10.8. The quantitative estimate of drug-likeness (QED) is 0.247. The van der Waals surface area contributed by atoms with E-state index in [1.54, 1.807) is 4.72 Å². The number of halogens is 1. The molecule has 0 aromatic carbocycles. The van der Waals surface area contributed by atoms with Crippen molar-refractivity contribution in [2.75, 3.05) is 40.4 Å². The smallest absolute Gasteiger partial charge is 0.377 e. The number of carbonyl (C=O) groups is 3. The monoisotopic (exact) mass is 575 g/mol. The minimum atomic E-state index is -4.74. The second-order valence-electron chi connectivity index (χ2n) is 7.25. The van der Waals surface area contributed by atoms with Crippen molar-refractivity contribution < 1.29 is 55.6 Å². The molecule has 214 valence electrons. The van der Waals surface area contributed by atoms with Crippen LogP contribution in [0.5, 0.6) is 11.8 Å². The molecule has 2 aromatic heterocycles. The van der Waals surface area contributed by atoms with E-state index in [1.165, 1.54) is 33.5 Å². The van der Waals surface area contributed by atoms with E-state index in [0.717, 1.165) is 26.3 Å². The molecule has 2 aromatic rings. The number of hydrogen-bond acceptors (Lipinski definition) is 14. The molecule has 0 aliphatic heterocycles. The van der Waals surface area contributed by atoms with Crippen molar-refractivity contribution >= 4 is 33.9 Å². The van der Waals surface area contributed by atoms with Gasteiger partial charge in [-0.3, -0.25) is 10.3 Å². The first-order valence-corrected chi connectivity index (χ1v) is 12.3. The van der Waals surface area contributed by atoms with Gasteiger partial charge in [0.2, 0.25) is 17.7 Å². The minimum Gasteiger partial charge on any atom is -0.481 e. The van der Waals surface area contributed by atoms with Crippen LogP contribution < -0.4 is 19.5 Å². The average Bonchev–Trinajstić information content (AvgIpc) is 2.89. The van der Waals surface area contributed by atoms with Gasteiger partial charge in [0.15, 0.2) is 6.10 Å². The van der Waals surface area contributed by atoms with Gasteiger partial charge in [0.25, 0.3) is 10.0 Å². The molecule has 16 nitrogen and oxygen atoms in total. The number of pyridine rings is 1. The lowest BCUT2D eigenvalue weighted by molar-refractivity contribution is -0.203. The Morgan fingerprint density at radius 1 is 1.05 bits per heavy atom. The molecule has 0 radical (unpaired) electrons. The van der Waals surface area contributed by atoms with Gasteiger partial charge < -0.3 is 28.4 Å². The SMILES string of the molecule is COCC(=O)OC(OC)C(=O)OC(c1ncccc1S(=O)(=O)NC(=O)Nc1nc(OC)cc(OC)n1)C(C)F. The van der Waals surface area contributed by atoms with Crippen molar-refractivity contribution in [3.05, 3.63) is 30.1 Å². The molecule has 0 aliphatic carbocycles. The highest BCUT2D eigenvalue weighted by Crippen LogP contribution is 2.28. The first-order chi connectivity index (χ1) is 18.4. The fourth-order valence-corrected chi connectivity index (χ4v) is 3.94. The van der Waals surface area contributed by atoms with E-state index in [-0.39, 0.29) is 17.7 Å². The highest BCUT2D eigenvalue weighted by molar-refractivity contribution is 7.90. The molecule has 0 aliphatic rings. The number of carbonyl (C=O) groups excluding carboxylic acids is 3. The van der Waals surface area contributed by atoms with Gasteiger partial charge in [0.1, 0.15) is 23.4 Å². The maximum absolute atomic E-state index is 14.6. The van der Waals surface area contributed by atoms with Crippen molar-refractivity contribution in [1.29, 1.82) is 0 Å². The molecule has 2 rings (SSSR count). The van der Waals surface area contributed by atoms with Gasteiger partial charge in [-0.1, -0.05) is 0 Å². The van der Waals surface area contributed by atoms with Gasteiger partial charge in [0, 0.05) is 20.4 Å². The predicted molar refractivity (Wildman–Crippen MR) is 127 cm³/mol. The van der Waals surface area contributed by atoms with Crippen LogP contribution in [0.3, 0.4) is 0 Å². The molecule has 0 fully saturated rings. The Labute approximate surface area is 222 Å². The maximum Gasteiger partial charge on any atom is 0.377 e. The molecule has 0 spiro atoms. The summed E-state index contributed by atoms with van der Waals surface area (Å²) in [6.45, 7) is 0.454. The van der Waals surface area contributed by atoms with Crippen molar-refractivity contribution in [2.45, 2.75) is 30.4 Å². The summed E-state index contributed by atoms with van der Waals surface area (Å²) in [5, 5.41) is 2.11. The Balaban J connectivity index is 2.30. The van der Waals surface area contributed by atoms with E-state index in [9.17, 15) is 27.2 Å². The number of amides is 2. The number of nitrogens with zero attached hydrogens (tertiary/aromatic N) is 3. The molecule has 0 bridgehead atoms. The lowest BCUT2D eigenvalue weighted by Gasteiger charge is -2.23. The topological polar surface area (TPSA) is 203 Å². The van der Waals surface area contributed by atoms with E-state index in [1.807, 2.05) is 0 Å². The first kappa shape index (κ1) is 31.1. The number of esters is 2. The van der Waals surface area contributed by atoms with Crippen LogP contribution in [0.2, 0.25) is 0 Å². The van der Waals surface area contributed by atoms with Crippen LogP contribution in [-0.2, 0) is 38.6 Å². The summed E-state index contributed by atoms with van der Waals surface area (Å²) in [6.07, 6.45) is -4.74. The summed E-state index contributed by atoms with van der Waals surface area (Å²) in [5.74, 6) is -2.68. The largest absolute Gasteiger partial charge is 0.481 e. The Kier molecular flexibility index (Phi) is 11.2. The van der Waals surface area contributed by atoms with Crippen molar-refractivity contribution in [1.82, 2.24) is 19.7 Å². The second-order valence-corrected chi connectivity index (χ2v) is 8.90. The van der Waals surface area contributed by atoms with E-state index in [2.05, 4.69) is 25.0 Å². The van der Waals surface area contributed by atoms with E-state index in [4.69, 9.17) is 23.7 Å². The van der Waals surface area contributed by atoms with Crippen molar-refractivity contribution in [3.63, 3.8) is 0 Å². The summed E-state index contributed by atoms with van der Waals surface area (Å²) in [7, 11) is 0.0796. The van der Waals surface area contributed by atoms with E-state index in [0.29, 0.717) is 0 Å². The van der Waals surface area contributed by atoms with Crippen LogP contribution in [0.1, 0.15) is 18.7 Å². The van der Waals surface area contributed by atoms with Crippen LogP contribution in [0, 0.1) is 0 Å². The van der Waals surface area contributed by atoms with Crippen molar-refractivity contribution in [2.24, 2.45) is 0 Å². The fraction of sp³-hybridized carbons (Fsp3) is 0.429. The van der Waals surface area contributed by atoms with Crippen LogP contribution >= 0.6 is 0 Å². The van der Waals surface area contributed by atoms with E-state index < -0.39 is 63.8 Å². The number of hydrogen-bond donors (Lipinski definition) is 2. The zero-order valence-electron chi connectivity index (χ0n) is 21.4. The summed E-state index contributed by atoms with van der Waals surface area (Å²) in [5.41, 5.74) is -0.571. The molecule has 3 atom stereocenters. The van der Waals surface area contributed by atoms with Gasteiger partial charge in [0.05, 0.1) is 20.3 Å². The zero-order chi connectivity index (χ0) is 29.2. The van der Waals surface area contributed by atoms with Crippen molar-refractivity contribution in [3.8, 4) is 11.8 Å². The number of sulfonamides is 1. The average molecular weight is 576 g/mol. The highest BCUT2D eigenvalue weighted by Gasteiger charge is 2.35. The zero-order valence-corrected chi connectivity index (χ0v) is 22.2. The van der Waals surface area contributed by atoms with Gasteiger partial charge in [-0.25, -0.2) is 31.9 Å². The summed E-state index contributed by atoms with van der Waals surface area (Å²) >= 11 is 0. The predicted octanol–water partition coefficient (Wildman–Crippen LogP) is 0.504. The molecule has 2 N–H and O–H groups in total. The minimum absolute atomic E-state index is 0.0124. The molecule has 2 heterocycles. The molecule has 2 amide bonds. The van der Waals surface area contributed by atoms with Crippen LogP contribution in [-0.4, -0.2) is 88.8 Å². The van der Waals surface area contributed by atoms with Crippen LogP contribution in [0.15, 0.2) is 29.3 Å². The standard InChI is InChI=1S/C21H26FN5O11S/c1-11(22)17(38-18(29)19(36-5)37-15(28)10-33-2)16-12(7-6-8-23-16)39(31,32)27-21(30)26-20-24-13(34-3)9-14(25-20)35-4/h6-9,11,17,19H,10H2,1-5H3,(H2,24,25,26,27,30). The summed E-state index contributed by atoms with van der Waals surface area (Å²) in [4.78, 5) is 47.4. The Bertz CT molecular complexity index is 1260. The third-order valence-corrected chi connectivity index (χ3v) is 5.85. The Morgan fingerprint density at radius 3 is 2.23 bits per heavy atom. The number of rotatable bonds is 13. The number of anilines is 1. The number of urea groups is 1. The van der Waals surface area contributed by atoms with E-state index >= 15 is 0 Å². The highest BCUT2D eigenvalue weighted by atomic mass is 32.2. The van der Waals surface area contributed by atoms with Crippen LogP contribution in [0.4, 0.5) is 15.1 Å². The third-order valence-electron chi connectivity index (χ3n) is 4.48. The molecule has 3 unspecified atom stereocenters. The molecule has 0 saturated carbocycles. The van der Waals surface area contributed by atoms with Gasteiger partial charge >= 0.3 is 24.3 Å². The number of nitrogens with one attached hydrogen (secondary N) is 2. The van der Waals surface area contributed by atoms with Gasteiger partial charge in [-0.05, 0) is 19.1 Å².